The highest BCUT2D eigenvalue weighted by Gasteiger charge is 2.43. The highest BCUT2D eigenvalue weighted by Crippen LogP contribution is 2.35. The van der Waals surface area contributed by atoms with Crippen LogP contribution < -0.4 is 14.9 Å². The Morgan fingerprint density at radius 1 is 1.04 bits per heavy atom. The van der Waals surface area contributed by atoms with E-state index in [0.717, 1.165) is 33.6 Å². The quantitative estimate of drug-likeness (QED) is 0.472. The van der Waals surface area contributed by atoms with Gasteiger partial charge in [0.2, 0.25) is 5.69 Å². The van der Waals surface area contributed by atoms with E-state index in [1.807, 2.05) is 32.2 Å². The largest absolute Gasteiger partial charge is 0.212 e. The van der Waals surface area contributed by atoms with Crippen molar-refractivity contribution in [3.05, 3.63) is 64.8 Å². The second kappa shape index (κ2) is 5.90. The summed E-state index contributed by atoms with van der Waals surface area (Å²) in [5.74, 6) is 0. The van der Waals surface area contributed by atoms with Gasteiger partial charge in [-0.05, 0) is 52.5 Å². The second-order valence-corrected chi connectivity index (χ2v) is 12.2. The van der Waals surface area contributed by atoms with Crippen molar-refractivity contribution in [2.45, 2.75) is 33.8 Å². The fraction of sp³-hybridized carbons (Fsp3) is 0.250. The highest BCUT2D eigenvalue weighted by atomic mass is 28.3. The summed E-state index contributed by atoms with van der Waals surface area (Å²) in [4.78, 5) is 0. The summed E-state index contributed by atoms with van der Waals surface area (Å²) in [5.41, 5.74) is 7.49. The Morgan fingerprint density at radius 3 is 2.48 bits per heavy atom. The first-order valence-electron chi connectivity index (χ1n) is 10.7. The topological polar surface area (TPSA) is 27.7 Å². The third kappa shape index (κ3) is 2.40. The lowest BCUT2D eigenvalue weighted by atomic mass is 9.96. The fourth-order valence-electron chi connectivity index (χ4n) is 4.62. The Balaban J connectivity index is 2.12. The minimum atomic E-state index is -2.19. The van der Waals surface area contributed by atoms with Crippen LogP contribution >= 0.6 is 0 Å². The summed E-state index contributed by atoms with van der Waals surface area (Å²) in [6.45, 7) is 6.46. The lowest BCUT2D eigenvalue weighted by Crippen LogP contribution is -2.52. The van der Waals surface area contributed by atoms with E-state index in [4.69, 9.17) is 4.11 Å². The van der Waals surface area contributed by atoms with Gasteiger partial charge >= 0.3 is 0 Å². The van der Waals surface area contributed by atoms with Crippen molar-refractivity contribution < 1.29 is 8.68 Å². The Bertz CT molecular complexity index is 1250. The van der Waals surface area contributed by atoms with Gasteiger partial charge in [-0.25, -0.2) is 0 Å². The number of nitrogens with zero attached hydrogens (tertiary/aromatic N) is 2. The van der Waals surface area contributed by atoms with Crippen LogP contribution in [0.2, 0.25) is 13.1 Å². The fourth-order valence-corrected chi connectivity index (χ4v) is 8.41. The molecule has 0 atom stereocenters. The molecule has 27 heavy (non-hydrogen) atoms. The molecule has 134 valence electrons. The van der Waals surface area contributed by atoms with Gasteiger partial charge in [-0.15, -0.1) is 0 Å². The van der Waals surface area contributed by atoms with E-state index >= 15 is 0 Å². The summed E-state index contributed by atoms with van der Waals surface area (Å²) in [5, 5.41) is 12.2. The van der Waals surface area contributed by atoms with E-state index in [-0.39, 0.29) is 0 Å². The molecular formula is C24H25N2Si+. The number of fused-ring (bicyclic) bond motifs is 3. The van der Waals surface area contributed by atoms with Crippen LogP contribution in [0.3, 0.4) is 0 Å². The number of nitriles is 1. The highest BCUT2D eigenvalue weighted by molar-refractivity contribution is 7.05. The molecular weight excluding hydrogens is 344 g/mol. The molecule has 0 saturated heterocycles. The van der Waals surface area contributed by atoms with E-state index in [2.05, 4.69) is 48.9 Å². The molecule has 2 heterocycles. The first-order valence-corrected chi connectivity index (χ1v) is 12.2. The molecule has 2 nitrogen and oxygen atoms in total. The second-order valence-electron chi connectivity index (χ2n) is 7.97. The van der Waals surface area contributed by atoms with E-state index in [1.165, 1.54) is 15.9 Å². The van der Waals surface area contributed by atoms with Gasteiger partial charge in [0.1, 0.15) is 15.1 Å². The molecule has 0 fully saturated rings. The van der Waals surface area contributed by atoms with Crippen LogP contribution in [0.5, 0.6) is 0 Å². The van der Waals surface area contributed by atoms with E-state index in [1.54, 1.807) is 6.07 Å². The minimum Gasteiger partial charge on any atom is -0.199 e. The Kier molecular flexibility index (Phi) is 3.14. The van der Waals surface area contributed by atoms with Crippen molar-refractivity contribution in [2.24, 2.45) is 7.05 Å². The molecule has 0 aliphatic carbocycles. The predicted octanol–water partition coefficient (Wildman–Crippen LogP) is 3.78. The maximum atomic E-state index is 9.77. The molecule has 0 unspecified atom stereocenters. The van der Waals surface area contributed by atoms with Crippen molar-refractivity contribution in [2.75, 3.05) is 0 Å². The van der Waals surface area contributed by atoms with Crippen LogP contribution in [0, 0.1) is 32.0 Å². The number of benzene rings is 2. The lowest BCUT2D eigenvalue weighted by molar-refractivity contribution is -0.666. The third-order valence-corrected chi connectivity index (χ3v) is 9.50. The molecule has 0 spiro atoms. The first-order chi connectivity index (χ1) is 14.0. The van der Waals surface area contributed by atoms with Gasteiger partial charge in [-0.2, -0.15) is 9.83 Å². The SMILES string of the molecule is [2H]C([2H])([2H])c1cc(C)[n+](C)c(-c2c(C)ccc3c2[Si](C)(C)c2c(C#N)cccc2-3)c1. The zero-order valence-electron chi connectivity index (χ0n) is 19.4. The molecule has 0 radical (unpaired) electrons. The Morgan fingerprint density at radius 2 is 1.78 bits per heavy atom. The van der Waals surface area contributed by atoms with Crippen molar-refractivity contribution in [1.82, 2.24) is 0 Å². The number of hydrogen-bond donors (Lipinski definition) is 0. The molecule has 1 aliphatic heterocycles. The molecule has 1 aliphatic rings. The molecule has 1 aromatic heterocycles. The minimum absolute atomic E-state index is 0.359. The van der Waals surface area contributed by atoms with Crippen LogP contribution in [0.4, 0.5) is 0 Å². The van der Waals surface area contributed by atoms with E-state index in [9.17, 15) is 5.26 Å². The maximum absolute atomic E-state index is 9.77. The Hall–Kier alpha value is -2.70. The first kappa shape index (κ1) is 14.4. The summed E-state index contributed by atoms with van der Waals surface area (Å²) >= 11 is 0. The van der Waals surface area contributed by atoms with E-state index in [0.29, 0.717) is 5.56 Å². The summed E-state index contributed by atoms with van der Waals surface area (Å²) in [6, 6.07) is 16.2. The van der Waals surface area contributed by atoms with Gasteiger partial charge in [0, 0.05) is 28.7 Å². The Labute approximate surface area is 167 Å². The van der Waals surface area contributed by atoms with Gasteiger partial charge in [0.15, 0.2) is 5.69 Å². The van der Waals surface area contributed by atoms with Crippen LogP contribution in [0.1, 0.15) is 26.5 Å². The van der Waals surface area contributed by atoms with Crippen LogP contribution in [0.15, 0.2) is 42.5 Å². The van der Waals surface area contributed by atoms with Gasteiger partial charge in [0.25, 0.3) is 0 Å². The molecule has 0 bridgehead atoms. The van der Waals surface area contributed by atoms with Gasteiger partial charge in [-0.3, -0.25) is 0 Å². The molecule has 4 rings (SSSR count). The van der Waals surface area contributed by atoms with Crippen LogP contribution in [-0.4, -0.2) is 8.07 Å². The van der Waals surface area contributed by atoms with Crippen molar-refractivity contribution in [3.63, 3.8) is 0 Å². The molecule has 3 aromatic rings. The standard InChI is InChI=1S/C24H25N2Si/c1-15-12-17(3)26(4)21(13-15)22-16(2)10-11-20-19-9-7-8-18(14-25)23(19)27(5,6)24(20)22/h7-13H,1-6H3/q+1/i1D3. The average molecular weight is 373 g/mol. The van der Waals surface area contributed by atoms with Crippen molar-refractivity contribution in [3.8, 4) is 28.5 Å². The summed E-state index contributed by atoms with van der Waals surface area (Å²) < 4.78 is 25.9. The zero-order valence-corrected chi connectivity index (χ0v) is 17.4. The summed E-state index contributed by atoms with van der Waals surface area (Å²) in [7, 11) is -0.196. The molecule has 0 N–H and O–H groups in total. The molecule has 0 saturated carbocycles. The summed E-state index contributed by atoms with van der Waals surface area (Å²) in [6.07, 6.45) is 0. The van der Waals surface area contributed by atoms with Crippen LogP contribution in [0.25, 0.3) is 22.4 Å². The molecule has 2 aromatic carbocycles. The van der Waals surface area contributed by atoms with Crippen LogP contribution in [-0.2, 0) is 7.05 Å². The smallest absolute Gasteiger partial charge is 0.199 e. The van der Waals surface area contributed by atoms with Gasteiger partial charge < -0.3 is 0 Å². The average Bonchev–Trinajstić information content (AvgIpc) is 2.91. The number of aryl methyl sites for hydroxylation is 3. The predicted molar refractivity (Wildman–Crippen MR) is 114 cm³/mol. The van der Waals surface area contributed by atoms with Crippen molar-refractivity contribution >= 4 is 18.4 Å². The molecule has 0 amide bonds. The van der Waals surface area contributed by atoms with Gasteiger partial charge in [0.05, 0.1) is 11.6 Å². The number of aromatic nitrogens is 1. The zero-order chi connectivity index (χ0) is 22.0. The number of rotatable bonds is 1. The normalized spacial score (nSPS) is 15.9. The third-order valence-electron chi connectivity index (χ3n) is 5.94. The van der Waals surface area contributed by atoms with E-state index < -0.39 is 14.9 Å². The maximum Gasteiger partial charge on any atom is 0.212 e. The lowest BCUT2D eigenvalue weighted by Gasteiger charge is -2.23. The molecule has 3 heteroatoms. The van der Waals surface area contributed by atoms with Crippen molar-refractivity contribution in [1.29, 1.82) is 5.26 Å². The number of hydrogen-bond acceptors (Lipinski definition) is 1. The van der Waals surface area contributed by atoms with Gasteiger partial charge in [-0.1, -0.05) is 37.4 Å². The monoisotopic (exact) mass is 372 g/mol. The number of pyridine rings is 1.